The molecule has 23 heavy (non-hydrogen) atoms. The summed E-state index contributed by atoms with van der Waals surface area (Å²) in [5, 5.41) is 13.8. The second-order valence-corrected chi connectivity index (χ2v) is 6.15. The zero-order valence-corrected chi connectivity index (χ0v) is 14.0. The number of amides is 2. The standard InChI is InChI=1S/C16H21ClN2O4/c1-11(20)19-7-3-6-16(22,10-19)15(21)18-9-12-8-13(17)4-5-14(12)23-2/h4-5,8,22H,3,6-7,9-10H2,1-2H3,(H,18,21)/t16-/m1/s1. The second kappa shape index (κ2) is 7.19. The number of carbonyl (C=O) groups is 2. The van der Waals surface area contributed by atoms with Crippen LogP contribution in [0.2, 0.25) is 5.02 Å². The Morgan fingerprint density at radius 1 is 1.48 bits per heavy atom. The largest absolute Gasteiger partial charge is 0.496 e. The lowest BCUT2D eigenvalue weighted by atomic mass is 9.91. The van der Waals surface area contributed by atoms with Gasteiger partial charge < -0.3 is 20.1 Å². The number of ether oxygens (including phenoxy) is 1. The van der Waals surface area contributed by atoms with Crippen LogP contribution in [0.15, 0.2) is 18.2 Å². The predicted molar refractivity (Wildman–Crippen MR) is 86.3 cm³/mol. The van der Waals surface area contributed by atoms with Crippen molar-refractivity contribution in [2.24, 2.45) is 0 Å². The van der Waals surface area contributed by atoms with Crippen LogP contribution in [-0.2, 0) is 16.1 Å². The molecule has 1 aromatic rings. The third-order valence-electron chi connectivity index (χ3n) is 4.02. The van der Waals surface area contributed by atoms with E-state index in [-0.39, 0.29) is 19.0 Å². The number of nitrogens with one attached hydrogen (secondary N) is 1. The molecule has 0 unspecified atom stereocenters. The minimum Gasteiger partial charge on any atom is -0.496 e. The summed E-state index contributed by atoms with van der Waals surface area (Å²) < 4.78 is 5.23. The summed E-state index contributed by atoms with van der Waals surface area (Å²) in [5.74, 6) is -0.0337. The maximum atomic E-state index is 12.4. The van der Waals surface area contributed by atoms with E-state index in [1.54, 1.807) is 18.2 Å². The molecule has 0 aliphatic carbocycles. The molecule has 2 rings (SSSR count). The normalized spacial score (nSPS) is 21.0. The molecule has 0 saturated carbocycles. The number of rotatable bonds is 4. The van der Waals surface area contributed by atoms with Gasteiger partial charge in [0.1, 0.15) is 5.75 Å². The van der Waals surface area contributed by atoms with E-state index in [0.717, 1.165) is 5.56 Å². The van der Waals surface area contributed by atoms with Crippen LogP contribution in [0.4, 0.5) is 0 Å². The smallest absolute Gasteiger partial charge is 0.254 e. The van der Waals surface area contributed by atoms with Crippen molar-refractivity contribution in [3.63, 3.8) is 0 Å². The Balaban J connectivity index is 2.04. The summed E-state index contributed by atoms with van der Waals surface area (Å²) in [7, 11) is 1.54. The number of piperidine rings is 1. The second-order valence-electron chi connectivity index (χ2n) is 5.71. The van der Waals surface area contributed by atoms with Crippen LogP contribution < -0.4 is 10.1 Å². The SMILES string of the molecule is COc1ccc(Cl)cc1CNC(=O)[C@@]1(O)CCCN(C(C)=O)C1. The lowest BCUT2D eigenvalue weighted by molar-refractivity contribution is -0.150. The molecule has 126 valence electrons. The van der Waals surface area contributed by atoms with Gasteiger partial charge in [-0.3, -0.25) is 9.59 Å². The van der Waals surface area contributed by atoms with Crippen molar-refractivity contribution in [2.75, 3.05) is 20.2 Å². The number of likely N-dealkylation sites (tertiary alicyclic amines) is 1. The zero-order chi connectivity index (χ0) is 17.0. The van der Waals surface area contributed by atoms with Crippen molar-refractivity contribution >= 4 is 23.4 Å². The molecule has 1 aliphatic rings. The summed E-state index contributed by atoms with van der Waals surface area (Å²) in [6.45, 7) is 2.19. The van der Waals surface area contributed by atoms with E-state index >= 15 is 0 Å². The number of carbonyl (C=O) groups excluding carboxylic acids is 2. The highest BCUT2D eigenvalue weighted by Gasteiger charge is 2.40. The number of nitrogens with zero attached hydrogens (tertiary/aromatic N) is 1. The number of hydrogen-bond acceptors (Lipinski definition) is 4. The van der Waals surface area contributed by atoms with E-state index in [0.29, 0.717) is 30.2 Å². The monoisotopic (exact) mass is 340 g/mol. The molecule has 1 aromatic carbocycles. The molecule has 1 atom stereocenters. The third-order valence-corrected chi connectivity index (χ3v) is 4.26. The highest BCUT2D eigenvalue weighted by atomic mass is 35.5. The van der Waals surface area contributed by atoms with E-state index in [1.165, 1.54) is 18.9 Å². The molecule has 6 nitrogen and oxygen atoms in total. The lowest BCUT2D eigenvalue weighted by Crippen LogP contribution is -2.57. The van der Waals surface area contributed by atoms with Crippen LogP contribution in [0.5, 0.6) is 5.75 Å². The minimum absolute atomic E-state index is 0.0147. The molecular formula is C16H21ClN2O4. The number of methoxy groups -OCH3 is 1. The Hall–Kier alpha value is -1.79. The van der Waals surface area contributed by atoms with Crippen molar-refractivity contribution in [3.05, 3.63) is 28.8 Å². The van der Waals surface area contributed by atoms with Gasteiger partial charge in [-0.15, -0.1) is 0 Å². The van der Waals surface area contributed by atoms with Gasteiger partial charge in [0.2, 0.25) is 5.91 Å². The summed E-state index contributed by atoms with van der Waals surface area (Å²) >= 11 is 5.96. The van der Waals surface area contributed by atoms with E-state index in [4.69, 9.17) is 16.3 Å². The first-order valence-electron chi connectivity index (χ1n) is 7.44. The van der Waals surface area contributed by atoms with Gasteiger partial charge in [0.15, 0.2) is 5.60 Å². The van der Waals surface area contributed by atoms with Crippen molar-refractivity contribution in [3.8, 4) is 5.75 Å². The number of benzene rings is 1. The quantitative estimate of drug-likeness (QED) is 0.867. The van der Waals surface area contributed by atoms with Gasteiger partial charge in [0, 0.05) is 30.6 Å². The van der Waals surface area contributed by atoms with Crippen LogP contribution in [0.25, 0.3) is 0 Å². The fourth-order valence-corrected chi connectivity index (χ4v) is 2.91. The molecule has 0 spiro atoms. The van der Waals surface area contributed by atoms with Gasteiger partial charge in [0.05, 0.1) is 13.7 Å². The van der Waals surface area contributed by atoms with Crippen LogP contribution >= 0.6 is 11.6 Å². The van der Waals surface area contributed by atoms with Gasteiger partial charge in [-0.2, -0.15) is 0 Å². The minimum atomic E-state index is -1.56. The highest BCUT2D eigenvalue weighted by Crippen LogP contribution is 2.24. The number of β-amino-alcohol motifs (C(OH)–C–C–N with tert-alkyl or cyclic N) is 1. The average molecular weight is 341 g/mol. The number of hydrogen-bond donors (Lipinski definition) is 2. The Kier molecular flexibility index (Phi) is 5.49. The summed E-state index contributed by atoms with van der Waals surface area (Å²) in [5.41, 5.74) is -0.841. The number of halogens is 1. The van der Waals surface area contributed by atoms with Crippen LogP contribution in [0.3, 0.4) is 0 Å². The molecular weight excluding hydrogens is 320 g/mol. The van der Waals surface area contributed by atoms with Crippen molar-refractivity contribution in [1.29, 1.82) is 0 Å². The fraction of sp³-hybridized carbons (Fsp3) is 0.500. The Labute approximate surface area is 140 Å². The molecule has 1 heterocycles. The first kappa shape index (κ1) is 17.6. The van der Waals surface area contributed by atoms with Gasteiger partial charge in [0.25, 0.3) is 5.91 Å². The highest BCUT2D eigenvalue weighted by molar-refractivity contribution is 6.30. The topological polar surface area (TPSA) is 78.9 Å². The fourth-order valence-electron chi connectivity index (χ4n) is 2.72. The van der Waals surface area contributed by atoms with Crippen molar-refractivity contribution in [1.82, 2.24) is 10.2 Å². The third kappa shape index (κ3) is 4.14. The van der Waals surface area contributed by atoms with Crippen LogP contribution in [-0.4, -0.2) is 47.6 Å². The molecule has 0 radical (unpaired) electrons. The van der Waals surface area contributed by atoms with Gasteiger partial charge in [-0.05, 0) is 31.0 Å². The van der Waals surface area contributed by atoms with E-state index < -0.39 is 11.5 Å². The molecule has 7 heteroatoms. The Bertz CT molecular complexity index is 608. The van der Waals surface area contributed by atoms with Crippen molar-refractivity contribution in [2.45, 2.75) is 31.9 Å². The van der Waals surface area contributed by atoms with Gasteiger partial charge >= 0.3 is 0 Å². The maximum Gasteiger partial charge on any atom is 0.254 e. The molecule has 2 N–H and O–H groups in total. The molecule has 0 bridgehead atoms. The predicted octanol–water partition coefficient (Wildman–Crippen LogP) is 1.34. The average Bonchev–Trinajstić information content (AvgIpc) is 2.52. The maximum absolute atomic E-state index is 12.4. The molecule has 1 aliphatic heterocycles. The number of aliphatic hydroxyl groups is 1. The van der Waals surface area contributed by atoms with E-state index in [1.807, 2.05) is 0 Å². The van der Waals surface area contributed by atoms with Crippen molar-refractivity contribution < 1.29 is 19.4 Å². The molecule has 1 saturated heterocycles. The van der Waals surface area contributed by atoms with Crippen LogP contribution in [0, 0.1) is 0 Å². The summed E-state index contributed by atoms with van der Waals surface area (Å²) in [6.07, 6.45) is 0.916. The molecule has 1 fully saturated rings. The summed E-state index contributed by atoms with van der Waals surface area (Å²) in [4.78, 5) is 25.3. The van der Waals surface area contributed by atoms with Gasteiger partial charge in [-0.1, -0.05) is 11.6 Å². The first-order valence-corrected chi connectivity index (χ1v) is 7.82. The Morgan fingerprint density at radius 2 is 2.22 bits per heavy atom. The van der Waals surface area contributed by atoms with E-state index in [2.05, 4.69) is 5.32 Å². The molecule has 0 aromatic heterocycles. The lowest BCUT2D eigenvalue weighted by Gasteiger charge is -2.37. The van der Waals surface area contributed by atoms with Crippen LogP contribution in [0.1, 0.15) is 25.3 Å². The first-order chi connectivity index (χ1) is 10.9. The Morgan fingerprint density at radius 3 is 2.87 bits per heavy atom. The van der Waals surface area contributed by atoms with Gasteiger partial charge in [-0.25, -0.2) is 0 Å². The summed E-state index contributed by atoms with van der Waals surface area (Å²) in [6, 6.07) is 5.12. The van der Waals surface area contributed by atoms with E-state index in [9.17, 15) is 14.7 Å². The zero-order valence-electron chi connectivity index (χ0n) is 13.3. The molecule has 2 amide bonds.